The van der Waals surface area contributed by atoms with Crippen LogP contribution in [0.25, 0.3) is 0 Å². The van der Waals surface area contributed by atoms with Crippen LogP contribution in [0.2, 0.25) is 0 Å². The van der Waals surface area contributed by atoms with Crippen LogP contribution in [0.5, 0.6) is 0 Å². The lowest BCUT2D eigenvalue weighted by Gasteiger charge is -2.12. The first-order valence-electron chi connectivity index (χ1n) is 5.52. The van der Waals surface area contributed by atoms with Crippen LogP contribution in [0.15, 0.2) is 18.3 Å². The molecule has 0 radical (unpaired) electrons. The number of hydrogen-bond acceptors (Lipinski definition) is 4. The molecular weight excluding hydrogens is 206 g/mol. The molecule has 1 heterocycles. The van der Waals surface area contributed by atoms with Crippen LogP contribution in [0, 0.1) is 16.0 Å². The Morgan fingerprint density at radius 2 is 2.38 bits per heavy atom. The first-order valence-corrected chi connectivity index (χ1v) is 5.52. The van der Waals surface area contributed by atoms with E-state index in [1.54, 1.807) is 12.3 Å². The Kier molecular flexibility index (Phi) is 3.03. The van der Waals surface area contributed by atoms with E-state index in [9.17, 15) is 10.1 Å². The van der Waals surface area contributed by atoms with E-state index in [1.165, 1.54) is 12.5 Å². The van der Waals surface area contributed by atoms with Crippen molar-refractivity contribution >= 4 is 11.5 Å². The number of hydrogen-bond donors (Lipinski definition) is 1. The normalized spacial score (nSPS) is 24.3. The molecule has 1 aromatic heterocycles. The summed E-state index contributed by atoms with van der Waals surface area (Å²) < 4.78 is 0. The molecule has 1 aliphatic carbocycles. The molecule has 0 spiro atoms. The van der Waals surface area contributed by atoms with Crippen molar-refractivity contribution in [1.29, 1.82) is 0 Å². The number of nitrogens with one attached hydrogen (secondary N) is 1. The summed E-state index contributed by atoms with van der Waals surface area (Å²) in [5.74, 6) is 1.09. The summed E-state index contributed by atoms with van der Waals surface area (Å²) in [5, 5.41) is 14.0. The number of rotatable bonds is 3. The van der Waals surface area contributed by atoms with Gasteiger partial charge in [0, 0.05) is 18.3 Å². The highest BCUT2D eigenvalue weighted by Crippen LogP contribution is 2.29. The van der Waals surface area contributed by atoms with Crippen molar-refractivity contribution in [1.82, 2.24) is 4.98 Å². The molecule has 2 unspecified atom stereocenters. The van der Waals surface area contributed by atoms with Crippen LogP contribution in [0.3, 0.4) is 0 Å². The van der Waals surface area contributed by atoms with E-state index in [-0.39, 0.29) is 5.69 Å². The SMILES string of the molecule is CC1CCC(Nc2ncccc2[N+](=O)[O-])C1. The first-order chi connectivity index (χ1) is 7.66. The second-order valence-electron chi connectivity index (χ2n) is 4.39. The molecule has 0 aliphatic heterocycles. The fraction of sp³-hybridized carbons (Fsp3) is 0.545. The fourth-order valence-electron chi connectivity index (χ4n) is 2.19. The summed E-state index contributed by atoms with van der Waals surface area (Å²) in [6, 6.07) is 3.39. The van der Waals surface area contributed by atoms with Gasteiger partial charge >= 0.3 is 5.69 Å². The van der Waals surface area contributed by atoms with Crippen LogP contribution in [-0.2, 0) is 0 Å². The molecule has 0 amide bonds. The zero-order chi connectivity index (χ0) is 11.5. The highest BCUT2D eigenvalue weighted by Gasteiger charge is 2.24. The van der Waals surface area contributed by atoms with Crippen molar-refractivity contribution < 1.29 is 4.92 Å². The molecule has 2 rings (SSSR count). The monoisotopic (exact) mass is 221 g/mol. The van der Waals surface area contributed by atoms with Crippen molar-refractivity contribution in [3.05, 3.63) is 28.4 Å². The van der Waals surface area contributed by atoms with Gasteiger partial charge in [-0.2, -0.15) is 0 Å². The van der Waals surface area contributed by atoms with E-state index in [1.807, 2.05) is 0 Å². The van der Waals surface area contributed by atoms with Gasteiger partial charge < -0.3 is 5.32 Å². The van der Waals surface area contributed by atoms with Crippen LogP contribution >= 0.6 is 0 Å². The van der Waals surface area contributed by atoms with Gasteiger partial charge in [-0.3, -0.25) is 10.1 Å². The van der Waals surface area contributed by atoms with Gasteiger partial charge in [0.2, 0.25) is 5.82 Å². The minimum absolute atomic E-state index is 0.0575. The Labute approximate surface area is 94.0 Å². The Hall–Kier alpha value is -1.65. The van der Waals surface area contributed by atoms with Crippen LogP contribution in [-0.4, -0.2) is 15.9 Å². The van der Waals surface area contributed by atoms with Crippen molar-refractivity contribution in [3.63, 3.8) is 0 Å². The second kappa shape index (κ2) is 4.47. The lowest BCUT2D eigenvalue weighted by molar-refractivity contribution is -0.384. The van der Waals surface area contributed by atoms with Gasteiger partial charge in [-0.25, -0.2) is 4.98 Å². The Bertz CT molecular complexity index is 395. The van der Waals surface area contributed by atoms with Crippen molar-refractivity contribution in [2.75, 3.05) is 5.32 Å². The number of nitrogens with zero attached hydrogens (tertiary/aromatic N) is 2. The quantitative estimate of drug-likeness (QED) is 0.629. The average Bonchev–Trinajstić information content (AvgIpc) is 2.64. The van der Waals surface area contributed by atoms with Gasteiger partial charge in [0.05, 0.1) is 4.92 Å². The van der Waals surface area contributed by atoms with E-state index < -0.39 is 4.92 Å². The van der Waals surface area contributed by atoms with E-state index >= 15 is 0 Å². The van der Waals surface area contributed by atoms with E-state index in [0.717, 1.165) is 12.8 Å². The van der Waals surface area contributed by atoms with E-state index in [4.69, 9.17) is 0 Å². The summed E-state index contributed by atoms with van der Waals surface area (Å²) in [6.07, 6.45) is 4.88. The standard InChI is InChI=1S/C11H15N3O2/c1-8-4-5-9(7-8)13-11-10(14(15)16)3-2-6-12-11/h2-3,6,8-9H,4-5,7H2,1H3,(H,12,13). The van der Waals surface area contributed by atoms with Crippen molar-refractivity contribution in [2.24, 2.45) is 5.92 Å². The largest absolute Gasteiger partial charge is 0.362 e. The molecule has 0 aromatic carbocycles. The molecule has 2 atom stereocenters. The molecule has 0 bridgehead atoms. The Morgan fingerprint density at radius 3 is 3.00 bits per heavy atom. The van der Waals surface area contributed by atoms with Gasteiger partial charge in [-0.1, -0.05) is 6.92 Å². The van der Waals surface area contributed by atoms with Crippen molar-refractivity contribution in [2.45, 2.75) is 32.2 Å². The molecule has 1 N–H and O–H groups in total. The molecule has 1 saturated carbocycles. The maximum atomic E-state index is 10.8. The molecule has 0 saturated heterocycles. The number of nitro groups is 1. The topological polar surface area (TPSA) is 68.1 Å². The van der Waals surface area contributed by atoms with Gasteiger partial charge in [0.1, 0.15) is 0 Å². The Morgan fingerprint density at radius 1 is 1.56 bits per heavy atom. The summed E-state index contributed by atoms with van der Waals surface area (Å²) in [4.78, 5) is 14.4. The average molecular weight is 221 g/mol. The Balaban J connectivity index is 2.12. The summed E-state index contributed by atoms with van der Waals surface area (Å²) in [6.45, 7) is 2.20. The summed E-state index contributed by atoms with van der Waals surface area (Å²) >= 11 is 0. The third-order valence-corrected chi connectivity index (χ3v) is 3.02. The summed E-state index contributed by atoms with van der Waals surface area (Å²) in [7, 11) is 0. The lowest BCUT2D eigenvalue weighted by Crippen LogP contribution is -2.17. The first kappa shape index (κ1) is 10.9. The zero-order valence-corrected chi connectivity index (χ0v) is 9.22. The lowest BCUT2D eigenvalue weighted by atomic mass is 10.1. The zero-order valence-electron chi connectivity index (χ0n) is 9.22. The molecule has 86 valence electrons. The van der Waals surface area contributed by atoms with Gasteiger partial charge in [-0.15, -0.1) is 0 Å². The van der Waals surface area contributed by atoms with E-state index in [2.05, 4.69) is 17.2 Å². The molecule has 1 aromatic rings. The van der Waals surface area contributed by atoms with Crippen molar-refractivity contribution in [3.8, 4) is 0 Å². The van der Waals surface area contributed by atoms with Crippen LogP contribution in [0.4, 0.5) is 11.5 Å². The minimum Gasteiger partial charge on any atom is -0.362 e. The maximum Gasteiger partial charge on any atom is 0.311 e. The number of anilines is 1. The van der Waals surface area contributed by atoms with Gasteiger partial charge in [0.15, 0.2) is 0 Å². The smallest absolute Gasteiger partial charge is 0.311 e. The highest BCUT2D eigenvalue weighted by molar-refractivity contribution is 5.55. The van der Waals surface area contributed by atoms with Gasteiger partial charge in [0.25, 0.3) is 0 Å². The minimum atomic E-state index is -0.395. The van der Waals surface area contributed by atoms with E-state index in [0.29, 0.717) is 17.8 Å². The third-order valence-electron chi connectivity index (χ3n) is 3.02. The fourth-order valence-corrected chi connectivity index (χ4v) is 2.19. The third kappa shape index (κ3) is 2.29. The molecule has 5 heteroatoms. The molecular formula is C11H15N3O2. The highest BCUT2D eigenvalue weighted by atomic mass is 16.6. The molecule has 1 fully saturated rings. The van der Waals surface area contributed by atoms with Gasteiger partial charge in [-0.05, 0) is 31.2 Å². The second-order valence-corrected chi connectivity index (χ2v) is 4.39. The molecule has 16 heavy (non-hydrogen) atoms. The number of aromatic nitrogens is 1. The number of pyridine rings is 1. The maximum absolute atomic E-state index is 10.8. The molecule has 5 nitrogen and oxygen atoms in total. The molecule has 1 aliphatic rings. The predicted molar refractivity (Wildman–Crippen MR) is 61.3 cm³/mol. The van der Waals surface area contributed by atoms with Crippen LogP contribution < -0.4 is 5.32 Å². The van der Waals surface area contributed by atoms with Crippen LogP contribution in [0.1, 0.15) is 26.2 Å². The summed E-state index contributed by atoms with van der Waals surface area (Å²) in [5.41, 5.74) is 0.0575. The predicted octanol–water partition coefficient (Wildman–Crippen LogP) is 2.59.